The molecule has 0 aromatic rings. The smallest absolute Gasteiger partial charge is 0.421 e. The van der Waals surface area contributed by atoms with E-state index in [1.807, 2.05) is 20.8 Å². The number of fused-ring (bicyclic) bond motifs is 5. The number of allylic oxidation sites excluding steroid dienone is 2. The first kappa shape index (κ1) is 19.7. The van der Waals surface area contributed by atoms with E-state index in [-0.39, 0.29) is 16.7 Å². The predicted molar refractivity (Wildman–Crippen MR) is 105 cm³/mol. The van der Waals surface area contributed by atoms with Crippen molar-refractivity contribution in [1.29, 1.82) is 0 Å². The Balaban J connectivity index is 1.68. The highest BCUT2D eigenvalue weighted by Gasteiger charge is 2.60. The summed E-state index contributed by atoms with van der Waals surface area (Å²) in [5.41, 5.74) is -0.175. The van der Waals surface area contributed by atoms with Gasteiger partial charge in [-0.2, -0.15) is 0 Å². The maximum atomic E-state index is 12.9. The molecule has 1 heterocycles. The van der Waals surface area contributed by atoms with Crippen molar-refractivity contribution >= 4 is 17.8 Å². The van der Waals surface area contributed by atoms with Crippen LogP contribution in [0.3, 0.4) is 0 Å². The van der Waals surface area contributed by atoms with Crippen molar-refractivity contribution in [2.75, 3.05) is 0 Å². The normalized spacial score (nSPS) is 40.4. The van der Waals surface area contributed by atoms with Crippen LogP contribution in [0.4, 0.5) is 4.79 Å². The number of hydrogen-bond donors (Lipinski definition) is 0. The highest BCUT2D eigenvalue weighted by molar-refractivity contribution is 5.95. The Morgan fingerprint density at radius 1 is 1.07 bits per heavy atom. The summed E-state index contributed by atoms with van der Waals surface area (Å²) in [7, 11) is 0. The summed E-state index contributed by atoms with van der Waals surface area (Å²) in [5, 5.41) is 0. The Morgan fingerprint density at radius 2 is 1.75 bits per heavy atom. The number of carbonyl (C=O) groups is 3. The monoisotopic (exact) mass is 387 g/mol. The summed E-state index contributed by atoms with van der Waals surface area (Å²) >= 11 is 0. The zero-order valence-corrected chi connectivity index (χ0v) is 17.8. The fourth-order valence-corrected chi connectivity index (χ4v) is 6.63. The predicted octanol–water partition coefficient (Wildman–Crippen LogP) is 4.85. The van der Waals surface area contributed by atoms with Gasteiger partial charge in [0.05, 0.1) is 0 Å². The summed E-state index contributed by atoms with van der Waals surface area (Å²) in [4.78, 5) is 39.4. The topological polar surface area (TPSA) is 63.7 Å². The molecule has 4 rings (SSSR count). The molecular formula is C23H33NO4. The van der Waals surface area contributed by atoms with Crippen LogP contribution in [0.25, 0.3) is 0 Å². The molecule has 5 unspecified atom stereocenters. The van der Waals surface area contributed by atoms with Gasteiger partial charge in [0.1, 0.15) is 11.4 Å². The van der Waals surface area contributed by atoms with E-state index in [9.17, 15) is 14.4 Å². The highest BCUT2D eigenvalue weighted by atomic mass is 16.6. The second kappa shape index (κ2) is 6.17. The van der Waals surface area contributed by atoms with Gasteiger partial charge in [-0.25, -0.2) is 9.69 Å². The minimum atomic E-state index is -0.639. The number of Topliss-reactive ketones (excluding diaryl/α,β-unsaturated/α-hetero) is 1. The Labute approximate surface area is 167 Å². The number of nitrogens with zero attached hydrogens (tertiary/aromatic N) is 1. The van der Waals surface area contributed by atoms with Crippen molar-refractivity contribution in [2.24, 2.45) is 28.6 Å². The van der Waals surface area contributed by atoms with Gasteiger partial charge in [0.2, 0.25) is 5.91 Å². The molecule has 0 aromatic carbocycles. The van der Waals surface area contributed by atoms with Crippen molar-refractivity contribution in [3.05, 3.63) is 11.8 Å². The van der Waals surface area contributed by atoms with Crippen molar-refractivity contribution in [3.63, 3.8) is 0 Å². The van der Waals surface area contributed by atoms with Gasteiger partial charge in [0.15, 0.2) is 0 Å². The van der Waals surface area contributed by atoms with Crippen molar-refractivity contribution in [2.45, 2.75) is 85.2 Å². The molecular weight excluding hydrogens is 354 g/mol. The summed E-state index contributed by atoms with van der Waals surface area (Å²) in [6.07, 6.45) is 7.17. The molecule has 4 aliphatic rings. The van der Waals surface area contributed by atoms with Crippen molar-refractivity contribution < 1.29 is 19.1 Å². The Morgan fingerprint density at radius 3 is 2.43 bits per heavy atom. The molecule has 0 aromatic heterocycles. The molecule has 0 spiro atoms. The van der Waals surface area contributed by atoms with Crippen LogP contribution in [0, 0.1) is 28.6 Å². The molecule has 1 aliphatic heterocycles. The number of imide groups is 1. The zero-order chi connectivity index (χ0) is 20.5. The molecule has 154 valence electrons. The molecule has 0 radical (unpaired) electrons. The maximum absolute atomic E-state index is 12.9. The molecule has 1 saturated heterocycles. The Hall–Kier alpha value is -1.65. The number of ether oxygens (including phenoxy) is 1. The second-order valence-corrected chi connectivity index (χ2v) is 10.7. The summed E-state index contributed by atoms with van der Waals surface area (Å²) in [5.74, 6) is 1.58. The SMILES string of the molecule is CC(C)(C)OC(=O)N1C(=O)CCC2(C)C1=CCC1C3CCC(=O)C3(C)CCC12. The third-order valence-corrected chi connectivity index (χ3v) is 8.06. The number of carbonyl (C=O) groups excluding carboxylic acids is 3. The third kappa shape index (κ3) is 2.76. The van der Waals surface area contributed by atoms with E-state index >= 15 is 0 Å². The van der Waals surface area contributed by atoms with Crippen LogP contribution in [0.15, 0.2) is 11.8 Å². The average molecular weight is 388 g/mol. The largest absolute Gasteiger partial charge is 0.443 e. The van der Waals surface area contributed by atoms with Crippen LogP contribution >= 0.6 is 0 Å². The van der Waals surface area contributed by atoms with Gasteiger partial charge in [-0.15, -0.1) is 0 Å². The molecule has 5 atom stereocenters. The van der Waals surface area contributed by atoms with Crippen LogP contribution in [0.5, 0.6) is 0 Å². The first-order valence-corrected chi connectivity index (χ1v) is 10.8. The lowest BCUT2D eigenvalue weighted by molar-refractivity contribution is -0.137. The fraction of sp³-hybridized carbons (Fsp3) is 0.783. The number of amides is 2. The van der Waals surface area contributed by atoms with E-state index in [1.165, 1.54) is 4.90 Å². The minimum absolute atomic E-state index is 0.159. The summed E-state index contributed by atoms with van der Waals surface area (Å²) < 4.78 is 5.56. The van der Waals surface area contributed by atoms with Gasteiger partial charge in [0.25, 0.3) is 0 Å². The quantitative estimate of drug-likeness (QED) is 0.596. The second-order valence-electron chi connectivity index (χ2n) is 10.7. The van der Waals surface area contributed by atoms with Gasteiger partial charge in [-0.1, -0.05) is 19.9 Å². The molecule has 2 saturated carbocycles. The molecule has 0 N–H and O–H groups in total. The van der Waals surface area contributed by atoms with E-state index in [0.717, 1.165) is 37.8 Å². The van der Waals surface area contributed by atoms with Gasteiger partial charge < -0.3 is 4.74 Å². The minimum Gasteiger partial charge on any atom is -0.443 e. The van der Waals surface area contributed by atoms with Crippen LogP contribution < -0.4 is 0 Å². The summed E-state index contributed by atoms with van der Waals surface area (Å²) in [6, 6.07) is 0. The molecule has 5 nitrogen and oxygen atoms in total. The highest BCUT2D eigenvalue weighted by Crippen LogP contribution is 2.63. The molecule has 5 heteroatoms. The Bertz CT molecular complexity index is 763. The van der Waals surface area contributed by atoms with Gasteiger partial charge in [-0.05, 0) is 70.6 Å². The first-order valence-electron chi connectivity index (χ1n) is 10.8. The van der Waals surface area contributed by atoms with Gasteiger partial charge >= 0.3 is 6.09 Å². The fourth-order valence-electron chi connectivity index (χ4n) is 6.63. The number of piperidine rings is 1. The lowest BCUT2D eigenvalue weighted by Gasteiger charge is -2.57. The van der Waals surface area contributed by atoms with E-state index in [4.69, 9.17) is 4.74 Å². The van der Waals surface area contributed by atoms with Gasteiger partial charge in [-0.3, -0.25) is 9.59 Å². The average Bonchev–Trinajstić information content (AvgIpc) is 2.89. The number of likely N-dealkylation sites (tertiary alicyclic amines) is 1. The standard InChI is InChI=1S/C23H33NO4/c1-21(2,3)28-20(27)24-17-8-6-14-15-7-9-18(25)23(15,5)12-10-16(14)22(17,4)13-11-19(24)26/h8,14-16H,6-7,9-13H2,1-5H3. The van der Waals surface area contributed by atoms with Crippen LogP contribution in [-0.4, -0.2) is 28.3 Å². The van der Waals surface area contributed by atoms with E-state index in [2.05, 4.69) is 19.9 Å². The molecule has 3 aliphatic carbocycles. The molecule has 3 fully saturated rings. The number of rotatable bonds is 0. The van der Waals surface area contributed by atoms with Crippen molar-refractivity contribution in [3.8, 4) is 0 Å². The first-order chi connectivity index (χ1) is 13.0. The number of hydrogen-bond acceptors (Lipinski definition) is 4. The van der Waals surface area contributed by atoms with E-state index in [1.54, 1.807) is 0 Å². The number of ketones is 1. The van der Waals surface area contributed by atoms with Crippen molar-refractivity contribution in [1.82, 2.24) is 4.90 Å². The molecule has 0 bridgehead atoms. The molecule has 2 amide bonds. The zero-order valence-electron chi connectivity index (χ0n) is 17.8. The van der Waals surface area contributed by atoms with E-state index < -0.39 is 11.7 Å². The van der Waals surface area contributed by atoms with E-state index in [0.29, 0.717) is 36.4 Å². The van der Waals surface area contributed by atoms with Crippen LogP contribution in [-0.2, 0) is 14.3 Å². The maximum Gasteiger partial charge on any atom is 0.421 e. The van der Waals surface area contributed by atoms with Crippen LogP contribution in [0.1, 0.15) is 79.6 Å². The van der Waals surface area contributed by atoms with Crippen LogP contribution in [0.2, 0.25) is 0 Å². The molecule has 28 heavy (non-hydrogen) atoms. The third-order valence-electron chi connectivity index (χ3n) is 8.06. The summed E-state index contributed by atoms with van der Waals surface area (Å²) in [6.45, 7) is 9.86. The Kier molecular flexibility index (Phi) is 4.33. The lowest BCUT2D eigenvalue weighted by Crippen LogP contribution is -2.56. The lowest BCUT2D eigenvalue weighted by atomic mass is 9.50. The van der Waals surface area contributed by atoms with Gasteiger partial charge in [0, 0.05) is 29.4 Å².